The van der Waals surface area contributed by atoms with Crippen LogP contribution in [-0.4, -0.2) is 44.4 Å². The Morgan fingerprint density at radius 1 is 0.857 bits per heavy atom. The van der Waals surface area contributed by atoms with Crippen LogP contribution in [0, 0.1) is 0 Å². The van der Waals surface area contributed by atoms with Gasteiger partial charge in [0.25, 0.3) is 0 Å². The summed E-state index contributed by atoms with van der Waals surface area (Å²) in [6, 6.07) is 18.4. The predicted molar refractivity (Wildman–Crippen MR) is 137 cm³/mol. The Balaban J connectivity index is 1.26. The van der Waals surface area contributed by atoms with Crippen LogP contribution in [0.5, 0.6) is 11.5 Å². The number of thiazole rings is 1. The zero-order valence-corrected chi connectivity index (χ0v) is 19.9. The maximum absolute atomic E-state index is 11.7. The number of hydrogen-bond acceptors (Lipinski definition) is 8. The molecule has 4 rings (SSSR count). The van der Waals surface area contributed by atoms with E-state index >= 15 is 0 Å². The molecule has 8 nitrogen and oxygen atoms in total. The molecule has 1 heterocycles. The van der Waals surface area contributed by atoms with Crippen molar-refractivity contribution in [1.82, 2.24) is 15.6 Å². The van der Waals surface area contributed by atoms with E-state index in [1.807, 2.05) is 36.4 Å². The second kappa shape index (κ2) is 11.0. The van der Waals surface area contributed by atoms with Gasteiger partial charge in [-0.15, -0.1) is 0 Å². The molecule has 0 aliphatic carbocycles. The number of phenols is 2. The first kappa shape index (κ1) is 24.9. The summed E-state index contributed by atoms with van der Waals surface area (Å²) in [6.07, 6.45) is 1.19. The van der Waals surface area contributed by atoms with Crippen molar-refractivity contribution in [1.29, 1.82) is 0 Å². The molecule has 0 bridgehead atoms. The molecule has 0 radical (unpaired) electrons. The average Bonchev–Trinajstić information content (AvgIpc) is 3.23. The standard InChI is InChI=1S/C26H29N3O5S/c30-21-7-2-1-6-19(21)11-12-27-16-18-5-3-4-17(14-18)10-13-28-26(33,34)15-20-8-9-22(31)23-24(20)35-25(32)29-23/h1-9,14,27-28,30-31,33-34H,10-13,15-16H2,(H,29,32). The van der Waals surface area contributed by atoms with Crippen LogP contribution in [0.15, 0.2) is 65.5 Å². The van der Waals surface area contributed by atoms with Crippen LogP contribution >= 0.6 is 11.3 Å². The van der Waals surface area contributed by atoms with Crippen LogP contribution < -0.4 is 15.5 Å². The minimum atomic E-state index is -2.17. The van der Waals surface area contributed by atoms with Gasteiger partial charge in [-0.25, -0.2) is 0 Å². The highest BCUT2D eigenvalue weighted by molar-refractivity contribution is 7.16. The van der Waals surface area contributed by atoms with Gasteiger partial charge in [0.05, 0.1) is 4.70 Å². The molecule has 0 aliphatic heterocycles. The maximum Gasteiger partial charge on any atom is 0.305 e. The summed E-state index contributed by atoms with van der Waals surface area (Å²) in [5, 5.41) is 46.8. The summed E-state index contributed by atoms with van der Waals surface area (Å²) in [6.45, 7) is 1.76. The van der Waals surface area contributed by atoms with Crippen molar-refractivity contribution in [3.8, 4) is 11.5 Å². The molecule has 35 heavy (non-hydrogen) atoms. The van der Waals surface area contributed by atoms with Crippen molar-refractivity contribution in [2.24, 2.45) is 0 Å². The van der Waals surface area contributed by atoms with Gasteiger partial charge >= 0.3 is 4.87 Å². The van der Waals surface area contributed by atoms with Crippen molar-refractivity contribution in [3.63, 3.8) is 0 Å². The van der Waals surface area contributed by atoms with Gasteiger partial charge in [-0.05, 0) is 53.8 Å². The number of H-pyrrole nitrogens is 1. The number of rotatable bonds is 11. The van der Waals surface area contributed by atoms with E-state index in [2.05, 4.69) is 21.7 Å². The Hall–Kier alpha value is -3.21. The molecule has 0 unspecified atom stereocenters. The minimum absolute atomic E-state index is 0.0517. The lowest BCUT2D eigenvalue weighted by Crippen LogP contribution is -2.47. The zero-order valence-electron chi connectivity index (χ0n) is 19.1. The quantitative estimate of drug-likeness (QED) is 0.125. The molecule has 1 aromatic heterocycles. The molecule has 0 atom stereocenters. The fourth-order valence-electron chi connectivity index (χ4n) is 4.02. The molecule has 4 aromatic rings. The lowest BCUT2D eigenvalue weighted by Gasteiger charge is -2.23. The van der Waals surface area contributed by atoms with Gasteiger partial charge in [0.2, 0.25) is 5.91 Å². The van der Waals surface area contributed by atoms with Crippen LogP contribution in [0.4, 0.5) is 0 Å². The SMILES string of the molecule is O=c1[nH]c2c(O)ccc(CC(O)(O)NCCc3cccc(CNCCc4ccccc4O)c3)c2s1. The third kappa shape index (κ3) is 6.68. The number of aromatic nitrogens is 1. The van der Waals surface area contributed by atoms with E-state index in [0.29, 0.717) is 41.0 Å². The first-order chi connectivity index (χ1) is 16.8. The van der Waals surface area contributed by atoms with Crippen molar-refractivity contribution in [2.45, 2.75) is 31.7 Å². The van der Waals surface area contributed by atoms with E-state index in [4.69, 9.17) is 0 Å². The summed E-state index contributed by atoms with van der Waals surface area (Å²) < 4.78 is 0.506. The molecule has 9 heteroatoms. The lowest BCUT2D eigenvalue weighted by molar-refractivity contribution is -0.183. The highest BCUT2D eigenvalue weighted by Crippen LogP contribution is 2.29. The van der Waals surface area contributed by atoms with Crippen LogP contribution in [0.3, 0.4) is 0 Å². The summed E-state index contributed by atoms with van der Waals surface area (Å²) in [7, 11) is 0. The van der Waals surface area contributed by atoms with Crippen LogP contribution in [0.1, 0.15) is 22.3 Å². The molecular weight excluding hydrogens is 466 g/mol. The van der Waals surface area contributed by atoms with E-state index in [0.717, 1.165) is 41.0 Å². The first-order valence-electron chi connectivity index (χ1n) is 11.4. The monoisotopic (exact) mass is 495 g/mol. The van der Waals surface area contributed by atoms with Gasteiger partial charge in [0, 0.05) is 19.5 Å². The molecule has 0 saturated carbocycles. The van der Waals surface area contributed by atoms with Crippen molar-refractivity contribution < 1.29 is 20.4 Å². The number of para-hydroxylation sites is 1. The Morgan fingerprint density at radius 2 is 1.66 bits per heavy atom. The van der Waals surface area contributed by atoms with Gasteiger partial charge in [0.1, 0.15) is 17.0 Å². The highest BCUT2D eigenvalue weighted by atomic mass is 32.1. The second-order valence-electron chi connectivity index (χ2n) is 8.51. The predicted octanol–water partition coefficient (Wildman–Crippen LogP) is 2.35. The highest BCUT2D eigenvalue weighted by Gasteiger charge is 2.25. The second-order valence-corrected chi connectivity index (χ2v) is 9.49. The number of fused-ring (bicyclic) bond motifs is 1. The molecule has 0 spiro atoms. The van der Waals surface area contributed by atoms with Gasteiger partial charge in [-0.3, -0.25) is 10.1 Å². The minimum Gasteiger partial charge on any atom is -0.508 e. The van der Waals surface area contributed by atoms with Crippen molar-refractivity contribution >= 4 is 21.6 Å². The number of benzene rings is 3. The fourth-order valence-corrected chi connectivity index (χ4v) is 4.89. The topological polar surface area (TPSA) is 138 Å². The Morgan fingerprint density at radius 3 is 2.49 bits per heavy atom. The molecule has 0 fully saturated rings. The average molecular weight is 496 g/mol. The van der Waals surface area contributed by atoms with E-state index in [1.165, 1.54) is 6.07 Å². The van der Waals surface area contributed by atoms with E-state index in [1.54, 1.807) is 12.1 Å². The molecule has 7 N–H and O–H groups in total. The number of aromatic hydroxyl groups is 2. The fraction of sp³-hybridized carbons (Fsp3) is 0.269. The number of nitrogens with one attached hydrogen (secondary N) is 3. The number of phenolic OH excluding ortho intramolecular Hbond substituents is 2. The normalized spacial score (nSPS) is 11.8. The lowest BCUT2D eigenvalue weighted by atomic mass is 10.1. The largest absolute Gasteiger partial charge is 0.508 e. The molecule has 0 amide bonds. The van der Waals surface area contributed by atoms with Crippen LogP contribution in [0.25, 0.3) is 10.2 Å². The summed E-state index contributed by atoms with van der Waals surface area (Å²) in [5.41, 5.74) is 3.95. The number of aliphatic hydroxyl groups is 2. The van der Waals surface area contributed by atoms with Crippen LogP contribution in [-0.2, 0) is 25.8 Å². The van der Waals surface area contributed by atoms with Gasteiger partial charge < -0.3 is 30.7 Å². The Labute approximate surface area is 206 Å². The summed E-state index contributed by atoms with van der Waals surface area (Å²) >= 11 is 0.924. The molecule has 3 aromatic carbocycles. The Bertz CT molecular complexity index is 1350. The number of hydrogen-bond donors (Lipinski definition) is 7. The smallest absolute Gasteiger partial charge is 0.305 e. The Kier molecular flexibility index (Phi) is 7.84. The van der Waals surface area contributed by atoms with Gasteiger partial charge in [-0.2, -0.15) is 0 Å². The van der Waals surface area contributed by atoms with Crippen molar-refractivity contribution in [3.05, 3.63) is 92.6 Å². The van der Waals surface area contributed by atoms with Gasteiger partial charge in [0.15, 0.2) is 0 Å². The van der Waals surface area contributed by atoms with E-state index < -0.39 is 5.91 Å². The summed E-state index contributed by atoms with van der Waals surface area (Å²) in [5.74, 6) is -1.91. The molecule has 184 valence electrons. The molecular formula is C26H29N3O5S. The van der Waals surface area contributed by atoms with Gasteiger partial charge in [-0.1, -0.05) is 59.9 Å². The van der Waals surface area contributed by atoms with Crippen LogP contribution in [0.2, 0.25) is 0 Å². The van der Waals surface area contributed by atoms with E-state index in [-0.39, 0.29) is 17.0 Å². The van der Waals surface area contributed by atoms with Crippen molar-refractivity contribution in [2.75, 3.05) is 13.1 Å². The zero-order chi connectivity index (χ0) is 24.8. The maximum atomic E-state index is 11.7. The third-order valence-electron chi connectivity index (χ3n) is 5.78. The third-order valence-corrected chi connectivity index (χ3v) is 6.74. The van der Waals surface area contributed by atoms with E-state index in [9.17, 15) is 25.2 Å². The first-order valence-corrected chi connectivity index (χ1v) is 12.2. The molecule has 0 saturated heterocycles. The molecule has 0 aliphatic rings. The number of aromatic amines is 1. The summed E-state index contributed by atoms with van der Waals surface area (Å²) in [4.78, 5) is 13.9.